The Hall–Kier alpha value is -0.0700. The summed E-state index contributed by atoms with van der Waals surface area (Å²) in [7, 11) is 0. The van der Waals surface area contributed by atoms with Crippen LogP contribution >= 0.6 is 24.8 Å². The Kier molecular flexibility index (Phi) is 16.0. The molecule has 0 radical (unpaired) electrons. The van der Waals surface area contributed by atoms with E-state index in [0.29, 0.717) is 12.5 Å². The van der Waals surface area contributed by atoms with Gasteiger partial charge < -0.3 is 15.4 Å². The topological polar surface area (TPSA) is 53.6 Å². The predicted molar refractivity (Wildman–Crippen MR) is 96.3 cm³/mol. The number of carbonyl (C=O) groups is 1. The van der Waals surface area contributed by atoms with E-state index in [-0.39, 0.29) is 36.8 Å². The van der Waals surface area contributed by atoms with Gasteiger partial charge in [0.25, 0.3) is 0 Å². The first-order chi connectivity index (χ1) is 9.74. The lowest BCUT2D eigenvalue weighted by Crippen LogP contribution is -2.55. The highest BCUT2D eigenvalue weighted by molar-refractivity contribution is 5.85. The Bertz CT molecular complexity index is 274. The molecule has 1 amide bonds. The Morgan fingerprint density at radius 2 is 1.68 bits per heavy atom. The minimum atomic E-state index is -0.00414. The Labute approximate surface area is 147 Å². The van der Waals surface area contributed by atoms with E-state index in [2.05, 4.69) is 36.3 Å². The van der Waals surface area contributed by atoms with Crippen molar-refractivity contribution in [3.05, 3.63) is 0 Å². The molecule has 1 aliphatic heterocycles. The standard InChI is InChI=1S/C15H31N3O2.2ClH/c1-4-13(5-2)14(18-9-11-20-12-10-18)15(19)17-8-7-16-6-3;;/h13-14,16H,4-12H2,1-3H3,(H,17,19);2*1H. The van der Waals surface area contributed by atoms with E-state index in [9.17, 15) is 4.79 Å². The van der Waals surface area contributed by atoms with Crippen molar-refractivity contribution in [2.24, 2.45) is 5.92 Å². The summed E-state index contributed by atoms with van der Waals surface area (Å²) in [6.07, 6.45) is 2.08. The van der Waals surface area contributed by atoms with Crippen molar-refractivity contribution in [2.75, 3.05) is 45.9 Å². The van der Waals surface area contributed by atoms with Gasteiger partial charge in [0, 0.05) is 26.2 Å². The molecule has 5 nitrogen and oxygen atoms in total. The molecule has 0 spiro atoms. The van der Waals surface area contributed by atoms with Gasteiger partial charge in [-0.1, -0.05) is 33.6 Å². The molecule has 1 atom stereocenters. The number of hydrogen-bond donors (Lipinski definition) is 2. The molecule has 7 heteroatoms. The van der Waals surface area contributed by atoms with Gasteiger partial charge in [0.15, 0.2) is 0 Å². The highest BCUT2D eigenvalue weighted by Crippen LogP contribution is 2.20. The Morgan fingerprint density at radius 3 is 2.18 bits per heavy atom. The maximum Gasteiger partial charge on any atom is 0.237 e. The van der Waals surface area contributed by atoms with Crippen LogP contribution in [0.4, 0.5) is 0 Å². The molecule has 0 aromatic rings. The highest BCUT2D eigenvalue weighted by Gasteiger charge is 2.32. The Morgan fingerprint density at radius 1 is 1.09 bits per heavy atom. The van der Waals surface area contributed by atoms with Crippen molar-refractivity contribution in [1.82, 2.24) is 15.5 Å². The van der Waals surface area contributed by atoms with Crippen LogP contribution in [0.1, 0.15) is 33.6 Å². The van der Waals surface area contributed by atoms with E-state index in [0.717, 1.165) is 52.2 Å². The second-order valence-electron chi connectivity index (χ2n) is 5.31. The van der Waals surface area contributed by atoms with E-state index in [4.69, 9.17) is 4.74 Å². The van der Waals surface area contributed by atoms with Crippen LogP contribution in [-0.2, 0) is 9.53 Å². The molecule has 1 aliphatic rings. The summed E-state index contributed by atoms with van der Waals surface area (Å²) in [6.45, 7) is 12.1. The first-order valence-electron chi connectivity index (χ1n) is 8.04. The summed E-state index contributed by atoms with van der Waals surface area (Å²) in [5, 5.41) is 6.31. The number of rotatable bonds is 9. The quantitative estimate of drug-likeness (QED) is 0.616. The Balaban J connectivity index is 0. The lowest BCUT2D eigenvalue weighted by molar-refractivity contribution is -0.130. The lowest BCUT2D eigenvalue weighted by atomic mass is 9.91. The molecule has 0 bridgehead atoms. The van der Waals surface area contributed by atoms with Crippen molar-refractivity contribution < 1.29 is 9.53 Å². The summed E-state index contributed by atoms with van der Waals surface area (Å²) in [5.41, 5.74) is 0. The van der Waals surface area contributed by atoms with Crippen LogP contribution in [0.25, 0.3) is 0 Å². The molecule has 1 fully saturated rings. The van der Waals surface area contributed by atoms with Crippen LogP contribution in [0.5, 0.6) is 0 Å². The zero-order valence-corrected chi connectivity index (χ0v) is 15.7. The van der Waals surface area contributed by atoms with E-state index in [1.807, 2.05) is 0 Å². The molecule has 2 N–H and O–H groups in total. The second kappa shape index (κ2) is 14.5. The largest absolute Gasteiger partial charge is 0.379 e. The maximum absolute atomic E-state index is 12.5. The third-order valence-corrected chi connectivity index (χ3v) is 4.05. The molecule has 22 heavy (non-hydrogen) atoms. The molecule has 0 aliphatic carbocycles. The van der Waals surface area contributed by atoms with Gasteiger partial charge in [0.2, 0.25) is 5.91 Å². The van der Waals surface area contributed by atoms with Crippen LogP contribution in [0.3, 0.4) is 0 Å². The molecule has 1 saturated heterocycles. The molecule has 134 valence electrons. The molecule has 1 heterocycles. The average molecular weight is 358 g/mol. The van der Waals surface area contributed by atoms with Crippen LogP contribution in [0.2, 0.25) is 0 Å². The number of amides is 1. The predicted octanol–water partition coefficient (Wildman–Crippen LogP) is 1.69. The molecule has 0 aromatic carbocycles. The van der Waals surface area contributed by atoms with Gasteiger partial charge in [-0.15, -0.1) is 24.8 Å². The summed E-state index contributed by atoms with van der Waals surface area (Å²) < 4.78 is 5.41. The maximum atomic E-state index is 12.5. The second-order valence-corrected chi connectivity index (χ2v) is 5.31. The van der Waals surface area contributed by atoms with Gasteiger partial charge in [0.05, 0.1) is 19.3 Å². The first-order valence-corrected chi connectivity index (χ1v) is 8.04. The van der Waals surface area contributed by atoms with Crippen molar-refractivity contribution in [3.63, 3.8) is 0 Å². The van der Waals surface area contributed by atoms with Crippen molar-refractivity contribution in [3.8, 4) is 0 Å². The minimum absolute atomic E-state index is 0. The van der Waals surface area contributed by atoms with E-state index < -0.39 is 0 Å². The third-order valence-electron chi connectivity index (χ3n) is 4.05. The summed E-state index contributed by atoms with van der Waals surface area (Å²) in [5.74, 6) is 0.603. The van der Waals surface area contributed by atoms with Crippen LogP contribution in [0, 0.1) is 5.92 Å². The number of nitrogens with zero attached hydrogens (tertiary/aromatic N) is 1. The summed E-state index contributed by atoms with van der Waals surface area (Å²) >= 11 is 0. The molecule has 1 unspecified atom stereocenters. The average Bonchev–Trinajstić information content (AvgIpc) is 2.49. The summed E-state index contributed by atoms with van der Waals surface area (Å²) in [4.78, 5) is 14.8. The van der Waals surface area contributed by atoms with Gasteiger partial charge in [-0.3, -0.25) is 9.69 Å². The number of morpholine rings is 1. The van der Waals surface area contributed by atoms with Crippen LogP contribution < -0.4 is 10.6 Å². The highest BCUT2D eigenvalue weighted by atomic mass is 35.5. The number of nitrogens with one attached hydrogen (secondary N) is 2. The van der Waals surface area contributed by atoms with Gasteiger partial charge in [0.1, 0.15) is 0 Å². The fourth-order valence-corrected chi connectivity index (χ4v) is 2.82. The SMILES string of the molecule is CCNCCNC(=O)C(C(CC)CC)N1CCOCC1.Cl.Cl. The van der Waals surface area contributed by atoms with E-state index >= 15 is 0 Å². The monoisotopic (exact) mass is 357 g/mol. The first kappa shape index (κ1) is 24.2. The molecule has 0 saturated carbocycles. The van der Waals surface area contributed by atoms with Crippen LogP contribution in [-0.4, -0.2) is 62.8 Å². The van der Waals surface area contributed by atoms with Gasteiger partial charge in [-0.2, -0.15) is 0 Å². The zero-order valence-electron chi connectivity index (χ0n) is 14.1. The minimum Gasteiger partial charge on any atom is -0.379 e. The summed E-state index contributed by atoms with van der Waals surface area (Å²) in [6, 6.07) is -0.00414. The zero-order chi connectivity index (χ0) is 14.8. The number of ether oxygens (including phenoxy) is 1. The lowest BCUT2D eigenvalue weighted by Gasteiger charge is -2.37. The number of carbonyl (C=O) groups excluding carboxylic acids is 1. The normalized spacial score (nSPS) is 16.5. The molecular formula is C15H33Cl2N3O2. The number of halogens is 2. The molecular weight excluding hydrogens is 325 g/mol. The third kappa shape index (κ3) is 7.97. The van der Waals surface area contributed by atoms with Crippen molar-refractivity contribution >= 4 is 30.7 Å². The number of likely N-dealkylation sites (N-methyl/N-ethyl adjacent to an activating group) is 1. The molecule has 1 rings (SSSR count). The van der Waals surface area contributed by atoms with Crippen molar-refractivity contribution in [1.29, 1.82) is 0 Å². The van der Waals surface area contributed by atoms with Gasteiger partial charge >= 0.3 is 0 Å². The van der Waals surface area contributed by atoms with E-state index in [1.165, 1.54) is 0 Å². The van der Waals surface area contributed by atoms with E-state index in [1.54, 1.807) is 0 Å². The smallest absolute Gasteiger partial charge is 0.237 e. The fraction of sp³-hybridized carbons (Fsp3) is 0.933. The number of hydrogen-bond acceptors (Lipinski definition) is 4. The fourth-order valence-electron chi connectivity index (χ4n) is 2.82. The van der Waals surface area contributed by atoms with Crippen molar-refractivity contribution in [2.45, 2.75) is 39.7 Å². The van der Waals surface area contributed by atoms with Crippen LogP contribution in [0.15, 0.2) is 0 Å². The molecule has 0 aromatic heterocycles. The van der Waals surface area contributed by atoms with Gasteiger partial charge in [-0.25, -0.2) is 0 Å². The van der Waals surface area contributed by atoms with Gasteiger partial charge in [-0.05, 0) is 12.5 Å².